The van der Waals surface area contributed by atoms with E-state index in [-0.39, 0.29) is 11.8 Å². The van der Waals surface area contributed by atoms with E-state index < -0.39 is 22.9 Å². The second-order valence-corrected chi connectivity index (χ2v) is 7.51. The van der Waals surface area contributed by atoms with E-state index in [0.717, 1.165) is 11.1 Å². The Balaban J connectivity index is 1.82. The van der Waals surface area contributed by atoms with Gasteiger partial charge in [0.25, 0.3) is 0 Å². The van der Waals surface area contributed by atoms with Gasteiger partial charge in [0, 0.05) is 18.0 Å². The van der Waals surface area contributed by atoms with E-state index in [9.17, 15) is 10.2 Å². The normalized spacial score (nSPS) is 41.3. The molecule has 2 fully saturated rings. The minimum Gasteiger partial charge on any atom is -0.504 e. The highest BCUT2D eigenvalue weighted by molar-refractivity contribution is 5.62. The predicted molar refractivity (Wildman–Crippen MR) is 85.0 cm³/mol. The molecule has 1 aromatic rings. The van der Waals surface area contributed by atoms with E-state index in [0.29, 0.717) is 44.6 Å². The lowest BCUT2D eigenvalue weighted by molar-refractivity contribution is -0.281. The molecule has 5 rings (SSSR count). The zero-order valence-electron chi connectivity index (χ0n) is 13.7. The molecule has 1 saturated carbocycles. The Bertz CT molecular complexity index is 716. The minimum absolute atomic E-state index is 0.0990. The van der Waals surface area contributed by atoms with Crippen molar-refractivity contribution in [2.75, 3.05) is 13.2 Å². The summed E-state index contributed by atoms with van der Waals surface area (Å²) in [7, 11) is 0. The van der Waals surface area contributed by atoms with E-state index >= 15 is 0 Å². The highest BCUT2D eigenvalue weighted by atomic mass is 16.8. The molecular weight excluding hydrogens is 310 g/mol. The van der Waals surface area contributed by atoms with Crippen LogP contribution in [0.4, 0.5) is 0 Å². The molecule has 1 aromatic carbocycles. The van der Waals surface area contributed by atoms with E-state index in [2.05, 4.69) is 0 Å². The molecule has 6 nitrogen and oxygen atoms in total. The van der Waals surface area contributed by atoms with Gasteiger partial charge in [0.2, 0.25) is 5.79 Å². The molecular formula is C18H23NO5. The Morgan fingerprint density at radius 3 is 2.71 bits per heavy atom. The summed E-state index contributed by atoms with van der Waals surface area (Å²) in [5.74, 6) is -0.311. The average Bonchev–Trinajstić information content (AvgIpc) is 3.18. The van der Waals surface area contributed by atoms with Gasteiger partial charge in [-0.25, -0.2) is 0 Å². The van der Waals surface area contributed by atoms with Crippen LogP contribution < -0.4 is 10.5 Å². The maximum absolute atomic E-state index is 11.7. The number of nitrogens with two attached hydrogens (primary N) is 1. The Kier molecular flexibility index (Phi) is 2.76. The van der Waals surface area contributed by atoms with Gasteiger partial charge in [-0.3, -0.25) is 0 Å². The van der Waals surface area contributed by atoms with Gasteiger partial charge >= 0.3 is 0 Å². The Labute approximate surface area is 140 Å². The van der Waals surface area contributed by atoms with Crippen LogP contribution in [0.15, 0.2) is 12.1 Å². The number of phenolic OH excluding ortho intramolecular Hbond substituents is 1. The second-order valence-electron chi connectivity index (χ2n) is 7.51. The lowest BCUT2D eigenvalue weighted by Gasteiger charge is -2.59. The topological polar surface area (TPSA) is 94.2 Å². The number of hydrogen-bond acceptors (Lipinski definition) is 6. The molecule has 2 heterocycles. The monoisotopic (exact) mass is 333 g/mol. The molecule has 4 atom stereocenters. The summed E-state index contributed by atoms with van der Waals surface area (Å²) < 4.78 is 18.3. The fourth-order valence-electron chi connectivity index (χ4n) is 5.72. The van der Waals surface area contributed by atoms with Crippen LogP contribution in [0.2, 0.25) is 0 Å². The molecule has 4 N–H and O–H groups in total. The van der Waals surface area contributed by atoms with Gasteiger partial charge in [0.1, 0.15) is 0 Å². The van der Waals surface area contributed by atoms with Crippen molar-refractivity contribution in [1.29, 1.82) is 0 Å². The smallest absolute Gasteiger partial charge is 0.207 e. The van der Waals surface area contributed by atoms with Crippen LogP contribution in [0.25, 0.3) is 0 Å². The lowest BCUT2D eigenvalue weighted by Crippen LogP contribution is -2.75. The fourth-order valence-corrected chi connectivity index (χ4v) is 5.72. The number of ether oxygens (including phenoxy) is 3. The first-order chi connectivity index (χ1) is 11.5. The standard InChI is InChI=1S/C18H23NO5/c1-2-16-13-10-3-4-11(20)14(13)24-15(16)18(22-7-8-23-18)6-5-17(16,21)12(19)9-10/h3-4,12,15,20-21H,2,5-9,19H2,1H3. The summed E-state index contributed by atoms with van der Waals surface area (Å²) in [4.78, 5) is 0. The molecule has 2 aliphatic carbocycles. The number of fused-ring (bicyclic) bond motifs is 1. The summed E-state index contributed by atoms with van der Waals surface area (Å²) in [5, 5.41) is 22.1. The maximum atomic E-state index is 11.7. The van der Waals surface area contributed by atoms with Crippen molar-refractivity contribution in [2.24, 2.45) is 5.73 Å². The number of benzene rings is 1. The van der Waals surface area contributed by atoms with Crippen LogP contribution >= 0.6 is 0 Å². The molecule has 4 aliphatic rings. The summed E-state index contributed by atoms with van der Waals surface area (Å²) >= 11 is 0. The van der Waals surface area contributed by atoms with Crippen LogP contribution in [0, 0.1) is 0 Å². The molecule has 0 bridgehead atoms. The quantitative estimate of drug-likeness (QED) is 0.708. The van der Waals surface area contributed by atoms with E-state index in [4.69, 9.17) is 19.9 Å². The minimum atomic E-state index is -1.10. The van der Waals surface area contributed by atoms with Crippen molar-refractivity contribution in [3.8, 4) is 11.5 Å². The molecule has 0 amide bonds. The third kappa shape index (κ3) is 1.39. The molecule has 1 saturated heterocycles. The highest BCUT2D eigenvalue weighted by Gasteiger charge is 2.74. The van der Waals surface area contributed by atoms with E-state index in [1.807, 2.05) is 13.0 Å². The zero-order valence-corrected chi connectivity index (χ0v) is 13.7. The van der Waals surface area contributed by atoms with Gasteiger partial charge in [-0.1, -0.05) is 13.0 Å². The highest BCUT2D eigenvalue weighted by Crippen LogP contribution is 2.65. The number of hydrogen-bond donors (Lipinski definition) is 3. The Hall–Kier alpha value is -1.34. The van der Waals surface area contributed by atoms with Crippen LogP contribution in [-0.2, 0) is 21.3 Å². The van der Waals surface area contributed by atoms with Gasteiger partial charge in [0.05, 0.1) is 24.2 Å². The zero-order chi connectivity index (χ0) is 16.7. The largest absolute Gasteiger partial charge is 0.504 e. The molecule has 0 radical (unpaired) electrons. The summed E-state index contributed by atoms with van der Waals surface area (Å²) in [6.45, 7) is 3.06. The van der Waals surface area contributed by atoms with Crippen molar-refractivity contribution in [1.82, 2.24) is 0 Å². The Morgan fingerprint density at radius 2 is 2.00 bits per heavy atom. The molecule has 4 unspecified atom stereocenters. The van der Waals surface area contributed by atoms with Crippen molar-refractivity contribution in [2.45, 2.75) is 61.6 Å². The molecule has 0 aromatic heterocycles. The first kappa shape index (κ1) is 15.0. The molecule has 1 spiro atoms. The lowest BCUT2D eigenvalue weighted by atomic mass is 9.50. The number of rotatable bonds is 1. The second kappa shape index (κ2) is 4.43. The predicted octanol–water partition coefficient (Wildman–Crippen LogP) is 0.952. The van der Waals surface area contributed by atoms with E-state index in [1.165, 1.54) is 0 Å². The van der Waals surface area contributed by atoms with Crippen LogP contribution in [0.3, 0.4) is 0 Å². The van der Waals surface area contributed by atoms with Crippen molar-refractivity contribution >= 4 is 0 Å². The van der Waals surface area contributed by atoms with Gasteiger partial charge in [-0.2, -0.15) is 0 Å². The third-order valence-corrected chi connectivity index (χ3v) is 6.77. The van der Waals surface area contributed by atoms with Gasteiger partial charge < -0.3 is 30.2 Å². The number of aliphatic hydroxyl groups is 1. The first-order valence-corrected chi connectivity index (χ1v) is 8.76. The summed E-state index contributed by atoms with van der Waals surface area (Å²) in [5.41, 5.74) is 6.58. The van der Waals surface area contributed by atoms with Crippen LogP contribution in [0.1, 0.15) is 37.3 Å². The van der Waals surface area contributed by atoms with Crippen LogP contribution in [0.5, 0.6) is 11.5 Å². The number of aromatic hydroxyl groups is 1. The SMILES string of the molecule is CCC12c3c4ccc(O)c3OC1C1(CCC2(O)C(N)C4)OCCO1. The summed E-state index contributed by atoms with van der Waals surface area (Å²) in [6.07, 6.45) is 1.74. The van der Waals surface area contributed by atoms with Crippen molar-refractivity contribution < 1.29 is 24.4 Å². The summed E-state index contributed by atoms with van der Waals surface area (Å²) in [6, 6.07) is 3.16. The fraction of sp³-hybridized carbons (Fsp3) is 0.667. The van der Waals surface area contributed by atoms with Gasteiger partial charge in [-0.15, -0.1) is 0 Å². The molecule has 24 heavy (non-hydrogen) atoms. The Morgan fingerprint density at radius 1 is 1.25 bits per heavy atom. The molecule has 2 aliphatic heterocycles. The maximum Gasteiger partial charge on any atom is 0.207 e. The van der Waals surface area contributed by atoms with E-state index in [1.54, 1.807) is 6.07 Å². The average molecular weight is 333 g/mol. The third-order valence-electron chi connectivity index (χ3n) is 6.77. The van der Waals surface area contributed by atoms with Crippen molar-refractivity contribution in [3.63, 3.8) is 0 Å². The number of phenols is 1. The van der Waals surface area contributed by atoms with Crippen molar-refractivity contribution in [3.05, 3.63) is 23.3 Å². The first-order valence-electron chi connectivity index (χ1n) is 8.76. The molecule has 6 heteroatoms. The van der Waals surface area contributed by atoms with Gasteiger partial charge in [-0.05, 0) is 30.9 Å². The van der Waals surface area contributed by atoms with Crippen LogP contribution in [-0.4, -0.2) is 47.0 Å². The molecule has 130 valence electrons. The van der Waals surface area contributed by atoms with Gasteiger partial charge in [0.15, 0.2) is 17.6 Å².